The third-order valence-electron chi connectivity index (χ3n) is 8.05. The average Bonchev–Trinajstić information content (AvgIpc) is 3.10. The van der Waals surface area contributed by atoms with Gasteiger partial charge in [0.05, 0.1) is 33.5 Å². The summed E-state index contributed by atoms with van der Waals surface area (Å²) in [5.41, 5.74) is 0.665. The fourth-order valence-electron chi connectivity index (χ4n) is 5.38. The second-order valence-electron chi connectivity index (χ2n) is 11.5. The zero-order chi connectivity index (χ0) is 36.7. The first kappa shape index (κ1) is 38.8. The van der Waals surface area contributed by atoms with E-state index in [1.54, 1.807) is 12.1 Å². The van der Waals surface area contributed by atoms with E-state index in [0.29, 0.717) is 22.6 Å². The number of hydrogen-bond acceptors (Lipinski definition) is 17. The average molecular weight is 711 g/mol. The van der Waals surface area contributed by atoms with Crippen LogP contribution < -0.4 is 9.47 Å². The summed E-state index contributed by atoms with van der Waals surface area (Å²) < 4.78 is 45.0. The number of aliphatic hydroxyl groups excluding tert-OH is 5. The second kappa shape index (κ2) is 17.3. The minimum atomic E-state index is -1.83. The number of carbonyl (C=O) groups excluding carboxylic acids is 2. The predicted molar refractivity (Wildman–Crippen MR) is 168 cm³/mol. The molecule has 1 unspecified atom stereocenters. The first-order valence-corrected chi connectivity index (χ1v) is 15.5. The van der Waals surface area contributed by atoms with Gasteiger partial charge in [0, 0.05) is 13.0 Å². The van der Waals surface area contributed by atoms with Gasteiger partial charge in [0.2, 0.25) is 0 Å². The van der Waals surface area contributed by atoms with E-state index in [9.17, 15) is 45.3 Å². The number of esters is 2. The van der Waals surface area contributed by atoms with Gasteiger partial charge in [0.15, 0.2) is 47.8 Å². The van der Waals surface area contributed by atoms with Gasteiger partial charge in [-0.3, -0.25) is 4.79 Å². The third-order valence-corrected chi connectivity index (χ3v) is 8.05. The van der Waals surface area contributed by atoms with Crippen molar-refractivity contribution in [2.24, 2.45) is 0 Å². The summed E-state index contributed by atoms with van der Waals surface area (Å²) in [4.78, 5) is 25.4. The molecule has 2 aromatic carbocycles. The number of phenols is 2. The van der Waals surface area contributed by atoms with E-state index in [-0.39, 0.29) is 5.75 Å². The Bertz CT molecular complexity index is 1480. The van der Waals surface area contributed by atoms with Crippen LogP contribution in [0.3, 0.4) is 0 Å². The molecule has 0 amide bonds. The molecular weight excluding hydrogens is 668 g/mol. The van der Waals surface area contributed by atoms with Crippen molar-refractivity contribution in [3.05, 3.63) is 53.6 Å². The Morgan fingerprint density at radius 1 is 0.860 bits per heavy atom. The number of aromatic hydroxyl groups is 2. The number of aliphatic hydroxyl groups is 5. The maximum Gasteiger partial charge on any atom is 0.331 e. The number of ether oxygens (including phenoxy) is 8. The first-order chi connectivity index (χ1) is 23.8. The van der Waals surface area contributed by atoms with Crippen molar-refractivity contribution in [1.82, 2.24) is 0 Å². The Labute approximate surface area is 286 Å². The second-order valence-corrected chi connectivity index (χ2v) is 11.5. The lowest BCUT2D eigenvalue weighted by Crippen LogP contribution is -2.65. The fraction of sp³-hybridized carbons (Fsp3) is 0.515. The van der Waals surface area contributed by atoms with Gasteiger partial charge in [-0.15, -0.1) is 0 Å². The Hall–Kier alpha value is -4.04. The van der Waals surface area contributed by atoms with Gasteiger partial charge in [-0.25, -0.2) is 4.79 Å². The van der Waals surface area contributed by atoms with Crippen LogP contribution in [0.1, 0.15) is 31.1 Å². The quantitative estimate of drug-likeness (QED) is 0.0797. The number of rotatable bonds is 13. The lowest BCUT2D eigenvalue weighted by Gasteiger charge is -2.47. The van der Waals surface area contributed by atoms with Crippen LogP contribution in [0.15, 0.2) is 42.5 Å². The molecule has 7 N–H and O–H groups in total. The van der Waals surface area contributed by atoms with Crippen LogP contribution in [-0.2, 0) is 38.0 Å². The summed E-state index contributed by atoms with van der Waals surface area (Å²) in [5.74, 6) is -1.95. The van der Waals surface area contributed by atoms with Crippen molar-refractivity contribution in [3.63, 3.8) is 0 Å². The standard InChI is InChI=1S/C33H42O17/c1-15-26(40)27(41)28(42)32(46-15)50-30-29(49-25(39)10-6-17-5-8-19(36)20(37)11-17)24(13-34)48-33(31(30)47-16(2)35)45-14-21(38)18-7-9-22(43-3)23(12-18)44-4/h5-12,15,21,24,26-34,36-38,40-42H,13-14H2,1-4H3/b10-6+/t15-,21?,24+,26-,27+,28+,29+,30-,31+,32-,33+/m0/s1. The highest BCUT2D eigenvalue weighted by Crippen LogP contribution is 2.35. The first-order valence-electron chi connectivity index (χ1n) is 15.5. The smallest absolute Gasteiger partial charge is 0.331 e. The predicted octanol–water partition coefficient (Wildman–Crippen LogP) is -0.348. The van der Waals surface area contributed by atoms with Crippen molar-refractivity contribution >= 4 is 18.0 Å². The molecule has 17 nitrogen and oxygen atoms in total. The third kappa shape index (κ3) is 9.19. The number of phenolic OH excluding ortho intramolecular Hbond substituents is 2. The number of carbonyl (C=O) groups is 2. The van der Waals surface area contributed by atoms with Crippen LogP contribution in [0.2, 0.25) is 0 Å². The maximum absolute atomic E-state index is 13.1. The largest absolute Gasteiger partial charge is 0.504 e. The van der Waals surface area contributed by atoms with E-state index in [1.807, 2.05) is 0 Å². The molecule has 2 saturated heterocycles. The Kier molecular flexibility index (Phi) is 13.4. The highest BCUT2D eigenvalue weighted by molar-refractivity contribution is 5.87. The van der Waals surface area contributed by atoms with E-state index < -0.39 is 98.4 Å². The molecule has 0 bridgehead atoms. The van der Waals surface area contributed by atoms with Crippen LogP contribution in [-0.4, -0.2) is 137 Å². The van der Waals surface area contributed by atoms with Crippen molar-refractivity contribution in [2.75, 3.05) is 27.4 Å². The van der Waals surface area contributed by atoms with Crippen LogP contribution in [0.5, 0.6) is 23.0 Å². The van der Waals surface area contributed by atoms with Gasteiger partial charge in [-0.05, 0) is 48.4 Å². The van der Waals surface area contributed by atoms with E-state index in [4.69, 9.17) is 37.9 Å². The van der Waals surface area contributed by atoms with Crippen LogP contribution >= 0.6 is 0 Å². The number of hydrogen-bond donors (Lipinski definition) is 7. The molecule has 0 aromatic heterocycles. The molecule has 50 heavy (non-hydrogen) atoms. The molecule has 0 saturated carbocycles. The maximum atomic E-state index is 13.1. The molecule has 17 heteroatoms. The van der Waals surface area contributed by atoms with Gasteiger partial charge in [0.25, 0.3) is 0 Å². The van der Waals surface area contributed by atoms with Crippen molar-refractivity contribution < 1.29 is 83.2 Å². The summed E-state index contributed by atoms with van der Waals surface area (Å²) in [5, 5.41) is 72.0. The molecule has 276 valence electrons. The molecule has 11 atom stereocenters. The van der Waals surface area contributed by atoms with Crippen molar-refractivity contribution in [1.29, 1.82) is 0 Å². The summed E-state index contributed by atoms with van der Waals surface area (Å²) in [6.45, 7) is 1.21. The van der Waals surface area contributed by atoms with Crippen molar-refractivity contribution in [2.45, 2.75) is 81.4 Å². The highest BCUT2D eigenvalue weighted by Gasteiger charge is 2.54. The molecule has 2 aromatic rings. The van der Waals surface area contributed by atoms with E-state index in [2.05, 4.69) is 0 Å². The highest BCUT2D eigenvalue weighted by atomic mass is 16.8. The van der Waals surface area contributed by atoms with Crippen LogP contribution in [0.25, 0.3) is 6.08 Å². The number of benzene rings is 2. The normalized spacial score (nSPS) is 30.4. The molecule has 2 fully saturated rings. The van der Waals surface area contributed by atoms with E-state index in [1.165, 1.54) is 51.5 Å². The summed E-state index contributed by atoms with van der Waals surface area (Å²) >= 11 is 0. The summed E-state index contributed by atoms with van der Waals surface area (Å²) in [7, 11) is 2.87. The van der Waals surface area contributed by atoms with E-state index >= 15 is 0 Å². The van der Waals surface area contributed by atoms with E-state index in [0.717, 1.165) is 13.0 Å². The zero-order valence-electron chi connectivity index (χ0n) is 27.6. The topological polar surface area (TPSA) is 250 Å². The minimum Gasteiger partial charge on any atom is -0.504 e. The Morgan fingerprint density at radius 3 is 2.22 bits per heavy atom. The number of methoxy groups -OCH3 is 2. The van der Waals surface area contributed by atoms with Gasteiger partial charge >= 0.3 is 11.9 Å². The minimum absolute atomic E-state index is 0.309. The molecule has 4 rings (SSSR count). The summed E-state index contributed by atoms with van der Waals surface area (Å²) in [6, 6.07) is 8.45. The van der Waals surface area contributed by atoms with Crippen molar-refractivity contribution in [3.8, 4) is 23.0 Å². The Balaban J connectivity index is 1.64. The van der Waals surface area contributed by atoms with Gasteiger partial charge in [-0.1, -0.05) is 12.1 Å². The SMILES string of the molecule is COc1ccc(C(O)CO[C@@H]2O[C@H](CO)[C@@H](OC(=O)/C=C/c3ccc(O)c(O)c3)[C@H](O[C@@H]3O[C@@H](C)[C@H](O)[C@@H](O)[C@H]3O)[C@H]2OC(C)=O)cc1OC. The molecule has 0 aliphatic carbocycles. The molecule has 2 aliphatic heterocycles. The molecular formula is C33H42O17. The molecule has 2 aliphatic rings. The van der Waals surface area contributed by atoms with Gasteiger partial charge < -0.3 is 73.6 Å². The molecule has 0 spiro atoms. The van der Waals surface area contributed by atoms with Gasteiger partial charge in [0.1, 0.15) is 36.6 Å². The fourth-order valence-corrected chi connectivity index (χ4v) is 5.38. The van der Waals surface area contributed by atoms with Gasteiger partial charge in [-0.2, -0.15) is 0 Å². The molecule has 0 radical (unpaired) electrons. The zero-order valence-corrected chi connectivity index (χ0v) is 27.6. The summed E-state index contributed by atoms with van der Waals surface area (Å²) in [6.07, 6.45) is -14.6. The molecule has 2 heterocycles. The van der Waals surface area contributed by atoms with Crippen LogP contribution in [0, 0.1) is 0 Å². The Morgan fingerprint density at radius 2 is 1.58 bits per heavy atom. The lowest BCUT2D eigenvalue weighted by molar-refractivity contribution is -0.359. The van der Waals surface area contributed by atoms with Crippen LogP contribution in [0.4, 0.5) is 0 Å². The monoisotopic (exact) mass is 710 g/mol. The lowest BCUT2D eigenvalue weighted by atomic mass is 9.96.